The van der Waals surface area contributed by atoms with Crippen molar-refractivity contribution in [2.45, 2.75) is 39.8 Å². The highest BCUT2D eigenvalue weighted by Crippen LogP contribution is 2.16. The molecule has 1 rings (SSSR count). The fourth-order valence-electron chi connectivity index (χ4n) is 2.36. The normalized spacial score (nSPS) is 11.3. The van der Waals surface area contributed by atoms with Crippen LogP contribution in [0, 0.1) is 0 Å². The molecule has 0 unspecified atom stereocenters. The molecule has 0 spiro atoms. The number of anilines is 1. The molecule has 1 amide bonds. The Bertz CT molecular complexity index is 452. The number of carbonyl (C=O) groups excluding carboxylic acids is 1. The van der Waals surface area contributed by atoms with E-state index < -0.39 is 5.54 Å². The number of carbonyl (C=O) groups is 1. The third-order valence-electron chi connectivity index (χ3n) is 3.65. The van der Waals surface area contributed by atoms with E-state index in [0.29, 0.717) is 13.1 Å². The molecule has 0 heterocycles. The summed E-state index contributed by atoms with van der Waals surface area (Å²) in [6, 6.07) is 8.35. The number of hydrogen-bond acceptors (Lipinski definition) is 3. The van der Waals surface area contributed by atoms with Gasteiger partial charge >= 0.3 is 0 Å². The van der Waals surface area contributed by atoms with Crippen molar-refractivity contribution in [2.75, 3.05) is 32.1 Å². The molecule has 1 N–H and O–H groups in total. The van der Waals surface area contributed by atoms with Gasteiger partial charge in [0.25, 0.3) is 0 Å². The average Bonchev–Trinajstić information content (AvgIpc) is 2.44. The van der Waals surface area contributed by atoms with Crippen LogP contribution in [0.4, 0.5) is 5.69 Å². The maximum atomic E-state index is 12.6. The van der Waals surface area contributed by atoms with E-state index in [9.17, 15) is 4.79 Å². The molecule has 0 fully saturated rings. The summed E-state index contributed by atoms with van der Waals surface area (Å²) in [4.78, 5) is 16.6. The van der Waals surface area contributed by atoms with Gasteiger partial charge in [-0.05, 0) is 45.0 Å². The Hall–Kier alpha value is -1.55. The molecule has 118 valence electrons. The van der Waals surface area contributed by atoms with Gasteiger partial charge in [0.15, 0.2) is 0 Å². The molecule has 0 saturated carbocycles. The Morgan fingerprint density at radius 1 is 1.14 bits per heavy atom. The summed E-state index contributed by atoms with van der Waals surface area (Å²) in [6.07, 6.45) is 0. The minimum Gasteiger partial charge on any atom is -0.378 e. The van der Waals surface area contributed by atoms with Crippen LogP contribution in [0.15, 0.2) is 24.3 Å². The zero-order chi connectivity index (χ0) is 16.0. The number of rotatable bonds is 7. The van der Waals surface area contributed by atoms with Crippen molar-refractivity contribution in [1.82, 2.24) is 10.2 Å². The lowest BCUT2D eigenvalue weighted by Gasteiger charge is -2.32. The zero-order valence-electron chi connectivity index (χ0n) is 14.2. The van der Waals surface area contributed by atoms with Crippen molar-refractivity contribution in [1.29, 1.82) is 0 Å². The van der Waals surface area contributed by atoms with E-state index in [1.54, 1.807) is 0 Å². The van der Waals surface area contributed by atoms with E-state index in [1.165, 1.54) is 5.69 Å². The van der Waals surface area contributed by atoms with Crippen LogP contribution in [0.3, 0.4) is 0 Å². The second-order valence-corrected chi connectivity index (χ2v) is 6.04. The van der Waals surface area contributed by atoms with Crippen molar-refractivity contribution in [3.63, 3.8) is 0 Å². The molecule has 0 atom stereocenters. The largest absolute Gasteiger partial charge is 0.378 e. The first kappa shape index (κ1) is 17.5. The number of hydrogen-bond donors (Lipinski definition) is 1. The quantitative estimate of drug-likeness (QED) is 0.838. The summed E-state index contributed by atoms with van der Waals surface area (Å²) in [6.45, 7) is 10.1. The second kappa shape index (κ2) is 7.46. The van der Waals surface area contributed by atoms with Gasteiger partial charge < -0.3 is 15.1 Å². The fraction of sp³-hybridized carbons (Fsp3) is 0.588. The molecule has 0 aromatic heterocycles. The van der Waals surface area contributed by atoms with Gasteiger partial charge in [-0.3, -0.25) is 4.79 Å². The number of nitrogens with zero attached hydrogens (tertiary/aromatic N) is 2. The maximum absolute atomic E-state index is 12.6. The summed E-state index contributed by atoms with van der Waals surface area (Å²) in [7, 11) is 4.05. The van der Waals surface area contributed by atoms with Gasteiger partial charge in [0.05, 0.1) is 5.54 Å². The molecule has 4 nitrogen and oxygen atoms in total. The van der Waals surface area contributed by atoms with Gasteiger partial charge in [-0.1, -0.05) is 19.1 Å². The van der Waals surface area contributed by atoms with Crippen molar-refractivity contribution < 1.29 is 4.79 Å². The van der Waals surface area contributed by atoms with Crippen LogP contribution < -0.4 is 10.2 Å². The molecule has 0 aliphatic carbocycles. The fourth-order valence-corrected chi connectivity index (χ4v) is 2.36. The number of likely N-dealkylation sites (N-methyl/N-ethyl adjacent to an activating group) is 2. The molecule has 0 bridgehead atoms. The van der Waals surface area contributed by atoms with Crippen LogP contribution in [-0.4, -0.2) is 43.5 Å². The van der Waals surface area contributed by atoms with Crippen LogP contribution >= 0.6 is 0 Å². The van der Waals surface area contributed by atoms with Crippen LogP contribution in [0.25, 0.3) is 0 Å². The topological polar surface area (TPSA) is 35.6 Å². The van der Waals surface area contributed by atoms with Crippen LogP contribution in [0.5, 0.6) is 0 Å². The molecule has 21 heavy (non-hydrogen) atoms. The molecule has 0 saturated heterocycles. The zero-order valence-corrected chi connectivity index (χ0v) is 14.2. The monoisotopic (exact) mass is 291 g/mol. The van der Waals surface area contributed by atoms with Gasteiger partial charge in [0.2, 0.25) is 5.91 Å². The van der Waals surface area contributed by atoms with Gasteiger partial charge in [-0.25, -0.2) is 0 Å². The predicted molar refractivity (Wildman–Crippen MR) is 89.6 cm³/mol. The SMILES string of the molecule is CCNC(C)(C)C(=O)N(CC)Cc1ccc(N(C)C)cc1. The molecule has 0 aliphatic rings. The van der Waals surface area contributed by atoms with Crippen molar-refractivity contribution in [2.24, 2.45) is 0 Å². The van der Waals surface area contributed by atoms with E-state index in [2.05, 4.69) is 34.5 Å². The Labute approximate surface area is 129 Å². The molecular formula is C17H29N3O. The smallest absolute Gasteiger partial charge is 0.242 e. The maximum Gasteiger partial charge on any atom is 0.242 e. The summed E-state index contributed by atoms with van der Waals surface area (Å²) in [5, 5.41) is 3.25. The van der Waals surface area contributed by atoms with Crippen molar-refractivity contribution >= 4 is 11.6 Å². The first-order chi connectivity index (χ1) is 9.81. The Balaban J connectivity index is 2.80. The third-order valence-corrected chi connectivity index (χ3v) is 3.65. The lowest BCUT2D eigenvalue weighted by Crippen LogP contribution is -2.53. The van der Waals surface area contributed by atoms with Crippen LogP contribution in [0.1, 0.15) is 33.3 Å². The van der Waals surface area contributed by atoms with Gasteiger partial charge in [0.1, 0.15) is 0 Å². The lowest BCUT2D eigenvalue weighted by molar-refractivity contribution is -0.137. The molecule has 0 aliphatic heterocycles. The van der Waals surface area contributed by atoms with E-state index >= 15 is 0 Å². The minimum atomic E-state index is -0.520. The summed E-state index contributed by atoms with van der Waals surface area (Å²) in [5.41, 5.74) is 1.80. The van der Waals surface area contributed by atoms with Gasteiger partial charge in [-0.2, -0.15) is 0 Å². The first-order valence-electron chi connectivity index (χ1n) is 7.62. The lowest BCUT2D eigenvalue weighted by atomic mass is 10.0. The molecular weight excluding hydrogens is 262 g/mol. The average molecular weight is 291 g/mol. The summed E-state index contributed by atoms with van der Waals surface area (Å²) in [5.74, 6) is 0.142. The number of nitrogens with one attached hydrogen (secondary N) is 1. The van der Waals surface area contributed by atoms with Crippen LogP contribution in [-0.2, 0) is 11.3 Å². The van der Waals surface area contributed by atoms with E-state index in [4.69, 9.17) is 0 Å². The van der Waals surface area contributed by atoms with Crippen LogP contribution in [0.2, 0.25) is 0 Å². The van der Waals surface area contributed by atoms with Gasteiger partial charge in [0, 0.05) is 32.9 Å². The van der Waals surface area contributed by atoms with Crippen molar-refractivity contribution in [3.8, 4) is 0 Å². The van der Waals surface area contributed by atoms with E-state index in [0.717, 1.165) is 12.1 Å². The van der Waals surface area contributed by atoms with Gasteiger partial charge in [-0.15, -0.1) is 0 Å². The van der Waals surface area contributed by atoms with E-state index in [-0.39, 0.29) is 5.91 Å². The summed E-state index contributed by atoms with van der Waals surface area (Å²) < 4.78 is 0. The highest BCUT2D eigenvalue weighted by atomic mass is 16.2. The first-order valence-corrected chi connectivity index (χ1v) is 7.62. The Morgan fingerprint density at radius 3 is 2.14 bits per heavy atom. The number of amides is 1. The van der Waals surface area contributed by atoms with E-state index in [1.807, 2.05) is 46.7 Å². The molecule has 1 aromatic carbocycles. The molecule has 0 radical (unpaired) electrons. The second-order valence-electron chi connectivity index (χ2n) is 6.04. The molecule has 1 aromatic rings. The van der Waals surface area contributed by atoms with Crippen molar-refractivity contribution in [3.05, 3.63) is 29.8 Å². The predicted octanol–water partition coefficient (Wildman–Crippen LogP) is 2.49. The Kier molecular flexibility index (Phi) is 6.21. The Morgan fingerprint density at radius 2 is 1.71 bits per heavy atom. The molecule has 4 heteroatoms. The highest BCUT2D eigenvalue weighted by Gasteiger charge is 2.30. The standard InChI is InChI=1S/C17H29N3O/c1-7-18-17(3,4)16(21)20(8-2)13-14-9-11-15(12-10-14)19(5)6/h9-12,18H,7-8,13H2,1-6H3. The number of benzene rings is 1. The third kappa shape index (κ3) is 4.74. The summed E-state index contributed by atoms with van der Waals surface area (Å²) >= 11 is 0. The minimum absolute atomic E-state index is 0.142. The highest BCUT2D eigenvalue weighted by molar-refractivity contribution is 5.85.